The minimum absolute atomic E-state index is 0.0884. The molecule has 2 fully saturated rings. The van der Waals surface area contributed by atoms with Crippen LogP contribution in [0.1, 0.15) is 94.6 Å². The first-order valence-corrected chi connectivity index (χ1v) is 16.3. The molecule has 1 amide bonds. The number of nitrogens with zero attached hydrogens (tertiary/aromatic N) is 2. The molecule has 5 rings (SSSR count). The van der Waals surface area contributed by atoms with Gasteiger partial charge >= 0.3 is 0 Å². The molecule has 3 aromatic rings. The second kappa shape index (κ2) is 14.2. The van der Waals surface area contributed by atoms with Gasteiger partial charge in [0.05, 0.1) is 6.54 Å². The van der Waals surface area contributed by atoms with Crippen molar-refractivity contribution in [2.75, 3.05) is 23.9 Å². The highest BCUT2D eigenvalue weighted by Crippen LogP contribution is 2.40. The van der Waals surface area contributed by atoms with E-state index in [0.29, 0.717) is 18.7 Å². The summed E-state index contributed by atoms with van der Waals surface area (Å²) in [4.78, 5) is 31.3. The van der Waals surface area contributed by atoms with E-state index in [-0.39, 0.29) is 23.7 Å². The van der Waals surface area contributed by atoms with Gasteiger partial charge in [-0.25, -0.2) is 0 Å². The zero-order chi connectivity index (χ0) is 29.5. The van der Waals surface area contributed by atoms with Crippen LogP contribution in [0.2, 0.25) is 0 Å². The van der Waals surface area contributed by atoms with Crippen LogP contribution in [0.3, 0.4) is 0 Å². The number of carbonyl (C=O) groups excluding carboxylic acids is 2. The largest absolute Gasteiger partial charge is 0.378 e. The summed E-state index contributed by atoms with van der Waals surface area (Å²) in [6.45, 7) is 2.65. The van der Waals surface area contributed by atoms with Crippen LogP contribution in [0.5, 0.6) is 0 Å². The number of hydrogen-bond donors (Lipinski definition) is 0. The van der Waals surface area contributed by atoms with Crippen LogP contribution in [0.4, 0.5) is 11.4 Å². The van der Waals surface area contributed by atoms with Gasteiger partial charge in [0.15, 0.2) is 0 Å². The van der Waals surface area contributed by atoms with E-state index in [2.05, 4.69) is 98.7 Å². The lowest BCUT2D eigenvalue weighted by Gasteiger charge is -2.33. The van der Waals surface area contributed by atoms with Crippen molar-refractivity contribution in [3.05, 3.63) is 83.9 Å². The lowest BCUT2D eigenvalue weighted by atomic mass is 9.73. The molecule has 3 aromatic carbocycles. The van der Waals surface area contributed by atoms with E-state index in [4.69, 9.17) is 0 Å². The Bertz CT molecular complexity index is 1320. The monoisotopic (exact) mass is 564 g/mol. The van der Waals surface area contributed by atoms with Crippen LogP contribution in [-0.4, -0.2) is 25.8 Å². The molecule has 0 aromatic heterocycles. The van der Waals surface area contributed by atoms with Crippen molar-refractivity contribution < 1.29 is 9.59 Å². The van der Waals surface area contributed by atoms with E-state index >= 15 is 0 Å². The molecule has 0 bridgehead atoms. The van der Waals surface area contributed by atoms with Crippen molar-refractivity contribution in [3.8, 4) is 11.1 Å². The Balaban J connectivity index is 1.41. The third-order valence-electron chi connectivity index (χ3n) is 9.52. The SMILES string of the molecule is CCCC(=O)C1CCCCC1c1cccc(N(Cc2ccc(-c3ccc(N(C)C)cc3)cc2)C(=O)C2CCCCC2)c1. The Morgan fingerprint density at radius 3 is 2.05 bits per heavy atom. The zero-order valence-corrected chi connectivity index (χ0v) is 25.9. The second-order valence-electron chi connectivity index (χ2n) is 12.7. The van der Waals surface area contributed by atoms with Gasteiger partial charge in [-0.1, -0.05) is 87.6 Å². The van der Waals surface area contributed by atoms with Gasteiger partial charge in [-0.2, -0.15) is 0 Å². The predicted octanol–water partition coefficient (Wildman–Crippen LogP) is 9.18. The van der Waals surface area contributed by atoms with Crippen LogP contribution in [0, 0.1) is 11.8 Å². The van der Waals surface area contributed by atoms with Crippen molar-refractivity contribution >= 4 is 23.1 Å². The van der Waals surface area contributed by atoms with Gasteiger partial charge in [0.1, 0.15) is 5.78 Å². The first kappa shape index (κ1) is 30.1. The molecule has 222 valence electrons. The van der Waals surface area contributed by atoms with Gasteiger partial charge in [0.2, 0.25) is 5.91 Å². The molecule has 0 radical (unpaired) electrons. The first-order valence-electron chi connectivity index (χ1n) is 16.3. The number of hydrogen-bond acceptors (Lipinski definition) is 3. The molecule has 0 heterocycles. The lowest BCUT2D eigenvalue weighted by molar-refractivity contribution is -0.124. The number of Topliss-reactive ketones (excluding diaryl/α,β-unsaturated/α-hetero) is 1. The Morgan fingerprint density at radius 1 is 0.738 bits per heavy atom. The number of ketones is 1. The summed E-state index contributed by atoms with van der Waals surface area (Å²) in [5.41, 5.74) is 6.87. The zero-order valence-electron chi connectivity index (χ0n) is 25.9. The average molecular weight is 565 g/mol. The fraction of sp³-hybridized carbons (Fsp3) is 0.474. The quantitative estimate of drug-likeness (QED) is 0.246. The molecule has 0 spiro atoms. The molecular weight excluding hydrogens is 516 g/mol. The normalized spacial score (nSPS) is 19.3. The van der Waals surface area contributed by atoms with Crippen molar-refractivity contribution in [3.63, 3.8) is 0 Å². The number of anilines is 2. The summed E-state index contributed by atoms with van der Waals surface area (Å²) in [5.74, 6) is 1.11. The fourth-order valence-electron chi connectivity index (χ4n) is 7.07. The maximum Gasteiger partial charge on any atom is 0.230 e. The Morgan fingerprint density at radius 2 is 1.38 bits per heavy atom. The van der Waals surface area contributed by atoms with Crippen molar-refractivity contribution in [2.24, 2.45) is 11.8 Å². The summed E-state index contributed by atoms with van der Waals surface area (Å²) in [5, 5.41) is 0. The number of rotatable bonds is 10. The topological polar surface area (TPSA) is 40.6 Å². The van der Waals surface area contributed by atoms with Gasteiger partial charge in [-0.15, -0.1) is 0 Å². The molecule has 42 heavy (non-hydrogen) atoms. The maximum atomic E-state index is 14.1. The highest BCUT2D eigenvalue weighted by molar-refractivity contribution is 5.95. The van der Waals surface area contributed by atoms with E-state index in [1.54, 1.807) is 0 Å². The van der Waals surface area contributed by atoms with Crippen LogP contribution in [0.15, 0.2) is 72.8 Å². The second-order valence-corrected chi connectivity index (χ2v) is 12.7. The van der Waals surface area contributed by atoms with Gasteiger partial charge in [0, 0.05) is 43.7 Å². The Hall–Kier alpha value is -3.40. The Kier molecular flexibility index (Phi) is 10.2. The molecule has 0 aliphatic heterocycles. The fourth-order valence-corrected chi connectivity index (χ4v) is 7.07. The summed E-state index contributed by atoms with van der Waals surface area (Å²) in [6, 6.07) is 25.9. The standard InChI is InChI=1S/C38H48N2O2/c1-4-11-37(41)36-17-9-8-16-35(36)32-14-10-15-34(26-32)40(38(42)31-12-6-5-7-13-31)27-28-18-20-29(21-19-28)30-22-24-33(25-23-30)39(2)3/h10,14-15,18-26,31,35-36H,4-9,11-13,16-17,27H2,1-3H3. The van der Waals surface area contributed by atoms with E-state index in [9.17, 15) is 9.59 Å². The van der Waals surface area contributed by atoms with E-state index in [0.717, 1.165) is 62.6 Å². The number of benzene rings is 3. The van der Waals surface area contributed by atoms with Gasteiger partial charge < -0.3 is 9.80 Å². The van der Waals surface area contributed by atoms with E-state index in [1.807, 2.05) is 4.90 Å². The first-order chi connectivity index (χ1) is 20.4. The summed E-state index contributed by atoms with van der Waals surface area (Å²) in [7, 11) is 4.11. The van der Waals surface area contributed by atoms with Crippen molar-refractivity contribution in [1.82, 2.24) is 0 Å². The predicted molar refractivity (Wildman–Crippen MR) is 175 cm³/mol. The summed E-state index contributed by atoms with van der Waals surface area (Å²) < 4.78 is 0. The molecule has 2 saturated carbocycles. The third-order valence-corrected chi connectivity index (χ3v) is 9.52. The van der Waals surface area contributed by atoms with Crippen LogP contribution >= 0.6 is 0 Å². The molecule has 2 unspecified atom stereocenters. The molecule has 4 nitrogen and oxygen atoms in total. The third kappa shape index (κ3) is 7.14. The molecular formula is C38H48N2O2. The maximum absolute atomic E-state index is 14.1. The highest BCUT2D eigenvalue weighted by Gasteiger charge is 2.32. The minimum Gasteiger partial charge on any atom is -0.378 e. The number of amides is 1. The molecule has 2 atom stereocenters. The molecule has 2 aliphatic rings. The molecule has 2 aliphatic carbocycles. The lowest BCUT2D eigenvalue weighted by Crippen LogP contribution is -2.37. The van der Waals surface area contributed by atoms with Gasteiger partial charge in [0.25, 0.3) is 0 Å². The van der Waals surface area contributed by atoms with Crippen LogP contribution < -0.4 is 9.80 Å². The minimum atomic E-state index is 0.0884. The molecule has 0 saturated heterocycles. The average Bonchev–Trinajstić information content (AvgIpc) is 3.04. The van der Waals surface area contributed by atoms with Crippen molar-refractivity contribution in [1.29, 1.82) is 0 Å². The smallest absolute Gasteiger partial charge is 0.230 e. The van der Waals surface area contributed by atoms with Gasteiger partial charge in [-0.3, -0.25) is 9.59 Å². The van der Waals surface area contributed by atoms with Crippen molar-refractivity contribution in [2.45, 2.75) is 90.0 Å². The number of carbonyl (C=O) groups is 2. The van der Waals surface area contributed by atoms with E-state index < -0.39 is 0 Å². The highest BCUT2D eigenvalue weighted by atomic mass is 16.2. The summed E-state index contributed by atoms with van der Waals surface area (Å²) in [6.07, 6.45) is 11.4. The van der Waals surface area contributed by atoms with Crippen LogP contribution in [0.25, 0.3) is 11.1 Å². The van der Waals surface area contributed by atoms with Crippen LogP contribution in [-0.2, 0) is 16.1 Å². The Labute approximate surface area is 253 Å². The van der Waals surface area contributed by atoms with E-state index in [1.165, 1.54) is 35.2 Å². The summed E-state index contributed by atoms with van der Waals surface area (Å²) >= 11 is 0. The van der Waals surface area contributed by atoms with Gasteiger partial charge in [-0.05, 0) is 84.5 Å². The molecule has 0 N–H and O–H groups in total. The molecule has 4 heteroatoms.